The molecule has 0 rings (SSSR count). The van der Waals surface area contributed by atoms with E-state index in [9.17, 15) is 4.39 Å². The van der Waals surface area contributed by atoms with Crippen molar-refractivity contribution in [3.8, 4) is 0 Å². The van der Waals surface area contributed by atoms with Gasteiger partial charge in [0.15, 0.2) is 0 Å². The van der Waals surface area contributed by atoms with Crippen LogP contribution < -0.4 is 0 Å². The zero-order chi connectivity index (χ0) is 9.07. The van der Waals surface area contributed by atoms with Crippen molar-refractivity contribution in [3.05, 3.63) is 24.1 Å². The summed E-state index contributed by atoms with van der Waals surface area (Å²) < 4.78 is 18.0. The molecule has 0 amide bonds. The summed E-state index contributed by atoms with van der Waals surface area (Å²) in [5.74, 6) is -0.299. The molecule has 0 aromatic rings. The number of ether oxygens (including phenoxy) is 1. The molecule has 2 heteroatoms. The van der Waals surface area contributed by atoms with Crippen LogP contribution in [0, 0.1) is 0 Å². The van der Waals surface area contributed by atoms with E-state index in [2.05, 4.69) is 6.58 Å². The fourth-order valence-electron chi connectivity index (χ4n) is 0.488. The zero-order valence-electron chi connectivity index (χ0n) is 7.57. The van der Waals surface area contributed by atoms with Crippen LogP contribution in [0.3, 0.4) is 0 Å². The molecule has 0 radical (unpaired) electrons. The monoisotopic (exact) mass is 158 g/mol. The Morgan fingerprint density at radius 3 is 2.27 bits per heavy atom. The average Bonchev–Trinajstić information content (AvgIpc) is 1.86. The largest absolute Gasteiger partial charge is 0.372 e. The van der Waals surface area contributed by atoms with E-state index in [4.69, 9.17) is 4.74 Å². The molecule has 0 atom stereocenters. The summed E-state index contributed by atoms with van der Waals surface area (Å²) in [6.45, 7) is 8.65. The minimum atomic E-state index is -0.834. The van der Waals surface area contributed by atoms with E-state index in [1.807, 2.05) is 0 Å². The highest BCUT2D eigenvalue weighted by Crippen LogP contribution is 2.21. The minimum absolute atomic E-state index is 0.299. The predicted octanol–water partition coefficient (Wildman–Crippen LogP) is 2.84. The van der Waals surface area contributed by atoms with Gasteiger partial charge < -0.3 is 4.74 Å². The molecule has 11 heavy (non-hydrogen) atoms. The SMILES string of the molecule is C=C(C)/C=C(/F)C(C)(C)OC. The van der Waals surface area contributed by atoms with Crippen LogP contribution in [-0.4, -0.2) is 12.7 Å². The van der Waals surface area contributed by atoms with Gasteiger partial charge in [-0.2, -0.15) is 0 Å². The van der Waals surface area contributed by atoms with Crippen LogP contribution in [0.2, 0.25) is 0 Å². The Kier molecular flexibility index (Phi) is 3.46. The van der Waals surface area contributed by atoms with Crippen LogP contribution in [0.4, 0.5) is 4.39 Å². The molecule has 0 saturated heterocycles. The van der Waals surface area contributed by atoms with Gasteiger partial charge >= 0.3 is 0 Å². The number of hydrogen-bond acceptors (Lipinski definition) is 1. The van der Waals surface area contributed by atoms with Crippen molar-refractivity contribution in [2.45, 2.75) is 26.4 Å². The highest BCUT2D eigenvalue weighted by Gasteiger charge is 2.22. The first kappa shape index (κ1) is 10.4. The molecule has 0 fully saturated rings. The molecule has 1 nitrogen and oxygen atoms in total. The van der Waals surface area contributed by atoms with Crippen LogP contribution in [0.15, 0.2) is 24.1 Å². The molecule has 0 aliphatic rings. The van der Waals surface area contributed by atoms with Gasteiger partial charge in [-0.15, -0.1) is 0 Å². The summed E-state index contributed by atoms with van der Waals surface area (Å²) in [6.07, 6.45) is 1.38. The lowest BCUT2D eigenvalue weighted by molar-refractivity contribution is 0.0360. The molecule has 0 heterocycles. The molecular formula is C9H15FO. The van der Waals surface area contributed by atoms with Gasteiger partial charge in [-0.3, -0.25) is 0 Å². The molecule has 0 unspecified atom stereocenters. The first-order valence-electron chi connectivity index (χ1n) is 3.48. The average molecular weight is 158 g/mol. The molecule has 0 aromatic carbocycles. The van der Waals surface area contributed by atoms with Crippen molar-refractivity contribution in [3.63, 3.8) is 0 Å². The van der Waals surface area contributed by atoms with E-state index >= 15 is 0 Å². The van der Waals surface area contributed by atoms with Gasteiger partial charge in [-0.25, -0.2) is 4.39 Å². The summed E-state index contributed by atoms with van der Waals surface area (Å²) in [5, 5.41) is 0. The van der Waals surface area contributed by atoms with E-state index < -0.39 is 5.60 Å². The van der Waals surface area contributed by atoms with E-state index in [-0.39, 0.29) is 5.83 Å². The lowest BCUT2D eigenvalue weighted by Gasteiger charge is -2.20. The molecule has 0 saturated carbocycles. The van der Waals surface area contributed by atoms with Crippen LogP contribution in [-0.2, 0) is 4.74 Å². The van der Waals surface area contributed by atoms with Crippen molar-refractivity contribution in [2.75, 3.05) is 7.11 Å². The number of allylic oxidation sites excluding steroid dienone is 2. The second-order valence-electron chi connectivity index (χ2n) is 3.05. The highest BCUT2D eigenvalue weighted by atomic mass is 19.1. The van der Waals surface area contributed by atoms with E-state index in [1.165, 1.54) is 13.2 Å². The van der Waals surface area contributed by atoms with Crippen molar-refractivity contribution in [2.24, 2.45) is 0 Å². The van der Waals surface area contributed by atoms with Gasteiger partial charge in [0, 0.05) is 7.11 Å². The maximum atomic E-state index is 13.1. The molecule has 0 N–H and O–H groups in total. The molecule has 0 spiro atoms. The summed E-state index contributed by atoms with van der Waals surface area (Å²) in [6, 6.07) is 0. The van der Waals surface area contributed by atoms with Crippen molar-refractivity contribution >= 4 is 0 Å². The van der Waals surface area contributed by atoms with Gasteiger partial charge in [0.05, 0.1) is 0 Å². The van der Waals surface area contributed by atoms with Crippen molar-refractivity contribution in [1.82, 2.24) is 0 Å². The first-order valence-corrected chi connectivity index (χ1v) is 3.48. The third kappa shape index (κ3) is 3.33. The number of hydrogen-bond donors (Lipinski definition) is 0. The molecule has 0 bridgehead atoms. The second kappa shape index (κ2) is 3.67. The molecular weight excluding hydrogens is 143 g/mol. The van der Waals surface area contributed by atoms with Crippen LogP contribution in [0.5, 0.6) is 0 Å². The normalized spacial score (nSPS) is 13.4. The van der Waals surface area contributed by atoms with Gasteiger partial charge in [-0.1, -0.05) is 12.2 Å². The fraction of sp³-hybridized carbons (Fsp3) is 0.556. The summed E-state index contributed by atoms with van der Waals surface area (Å²) in [4.78, 5) is 0. The Hall–Kier alpha value is -0.630. The Balaban J connectivity index is 4.46. The maximum Gasteiger partial charge on any atom is 0.131 e. The summed E-state index contributed by atoms with van der Waals surface area (Å²) >= 11 is 0. The third-order valence-corrected chi connectivity index (χ3v) is 1.46. The quantitative estimate of drug-likeness (QED) is 0.574. The topological polar surface area (TPSA) is 9.23 Å². The molecule has 0 aromatic heterocycles. The third-order valence-electron chi connectivity index (χ3n) is 1.46. The summed E-state index contributed by atoms with van der Waals surface area (Å²) in [7, 11) is 1.48. The van der Waals surface area contributed by atoms with Gasteiger partial charge in [0.2, 0.25) is 0 Å². The van der Waals surface area contributed by atoms with Crippen molar-refractivity contribution < 1.29 is 9.13 Å². The first-order chi connectivity index (χ1) is 4.90. The Labute approximate surface area is 67.6 Å². The lowest BCUT2D eigenvalue weighted by Crippen LogP contribution is -2.23. The Bertz CT molecular complexity index is 180. The maximum absolute atomic E-state index is 13.1. The van der Waals surface area contributed by atoms with Crippen molar-refractivity contribution in [1.29, 1.82) is 0 Å². The molecule has 64 valence electrons. The number of rotatable bonds is 3. The molecule has 0 aliphatic carbocycles. The fourth-order valence-corrected chi connectivity index (χ4v) is 0.488. The Morgan fingerprint density at radius 1 is 1.55 bits per heavy atom. The minimum Gasteiger partial charge on any atom is -0.372 e. The van der Waals surface area contributed by atoms with Crippen LogP contribution >= 0.6 is 0 Å². The van der Waals surface area contributed by atoms with Gasteiger partial charge in [-0.05, 0) is 26.8 Å². The highest BCUT2D eigenvalue weighted by molar-refractivity contribution is 5.19. The predicted molar refractivity (Wildman–Crippen MR) is 45.1 cm³/mol. The van der Waals surface area contributed by atoms with E-state index in [0.717, 1.165) is 0 Å². The molecule has 0 aliphatic heterocycles. The second-order valence-corrected chi connectivity index (χ2v) is 3.05. The number of halogens is 1. The number of methoxy groups -OCH3 is 1. The lowest BCUT2D eigenvalue weighted by atomic mass is 10.1. The smallest absolute Gasteiger partial charge is 0.131 e. The van der Waals surface area contributed by atoms with Crippen LogP contribution in [0.25, 0.3) is 0 Å². The Morgan fingerprint density at radius 2 is 2.00 bits per heavy atom. The van der Waals surface area contributed by atoms with Gasteiger partial charge in [0.25, 0.3) is 0 Å². The van der Waals surface area contributed by atoms with Gasteiger partial charge in [0.1, 0.15) is 11.4 Å². The standard InChI is InChI=1S/C9H15FO/c1-7(2)6-8(10)9(3,4)11-5/h6H,1H2,2-5H3/b8-6+. The van der Waals surface area contributed by atoms with Crippen LogP contribution in [0.1, 0.15) is 20.8 Å². The summed E-state index contributed by atoms with van der Waals surface area (Å²) in [5.41, 5.74) is -0.147. The zero-order valence-corrected chi connectivity index (χ0v) is 7.57. The van der Waals surface area contributed by atoms with E-state index in [1.54, 1.807) is 20.8 Å². The van der Waals surface area contributed by atoms with E-state index in [0.29, 0.717) is 5.57 Å².